The van der Waals surface area contributed by atoms with E-state index < -0.39 is 11.8 Å². The van der Waals surface area contributed by atoms with Gasteiger partial charge in [0.15, 0.2) is 6.61 Å². The highest BCUT2D eigenvalue weighted by Crippen LogP contribution is 1.94. The molecule has 0 fully saturated rings. The lowest BCUT2D eigenvalue weighted by Crippen LogP contribution is -2.30. The van der Waals surface area contributed by atoms with Crippen molar-refractivity contribution in [3.63, 3.8) is 0 Å². The van der Waals surface area contributed by atoms with Crippen molar-refractivity contribution < 1.29 is 14.4 Å². The minimum absolute atomic E-state index is 0.328. The minimum atomic E-state index is -0.657. The number of aromatic nitrogens is 2. The maximum atomic E-state index is 11.3. The molecule has 1 heterocycles. The van der Waals surface area contributed by atoms with Gasteiger partial charge in [-0.05, 0) is 6.07 Å². The van der Waals surface area contributed by atoms with Crippen molar-refractivity contribution in [3.05, 3.63) is 18.0 Å². The third kappa shape index (κ3) is 2.56. The van der Waals surface area contributed by atoms with Gasteiger partial charge < -0.3 is 5.73 Å². The summed E-state index contributed by atoms with van der Waals surface area (Å²) >= 11 is 0. The summed E-state index contributed by atoms with van der Waals surface area (Å²) in [5.74, 6) is -1.14. The molecule has 0 saturated carbocycles. The molecule has 0 aliphatic heterocycles. The molecule has 0 saturated heterocycles. The second-order valence-electron chi connectivity index (χ2n) is 2.53. The van der Waals surface area contributed by atoms with Crippen molar-refractivity contribution in [1.29, 1.82) is 0 Å². The largest absolute Gasteiger partial charge is 0.368 e. The van der Waals surface area contributed by atoms with Crippen molar-refractivity contribution in [1.82, 2.24) is 15.3 Å². The van der Waals surface area contributed by atoms with Gasteiger partial charge in [-0.25, -0.2) is 5.48 Å². The molecular formula is C7H10N4O3. The van der Waals surface area contributed by atoms with E-state index in [-0.39, 0.29) is 6.61 Å². The van der Waals surface area contributed by atoms with Crippen LogP contribution in [0.3, 0.4) is 0 Å². The summed E-state index contributed by atoms with van der Waals surface area (Å²) < 4.78 is 1.38. The fourth-order valence-electron chi connectivity index (χ4n) is 0.822. The van der Waals surface area contributed by atoms with Gasteiger partial charge in [0.2, 0.25) is 5.91 Å². The van der Waals surface area contributed by atoms with Gasteiger partial charge in [-0.15, -0.1) is 0 Å². The summed E-state index contributed by atoms with van der Waals surface area (Å²) in [7, 11) is 1.61. The average molecular weight is 198 g/mol. The van der Waals surface area contributed by atoms with E-state index in [1.165, 1.54) is 16.9 Å². The van der Waals surface area contributed by atoms with E-state index in [2.05, 4.69) is 15.4 Å². The topological polar surface area (TPSA) is 99.2 Å². The van der Waals surface area contributed by atoms with Gasteiger partial charge in [-0.1, -0.05) is 0 Å². The maximum Gasteiger partial charge on any atom is 0.293 e. The quantitative estimate of drug-likeness (QED) is 0.579. The Morgan fingerprint density at radius 2 is 2.43 bits per heavy atom. The molecule has 7 heteroatoms. The zero-order valence-electron chi connectivity index (χ0n) is 7.56. The highest BCUT2D eigenvalue weighted by atomic mass is 16.7. The van der Waals surface area contributed by atoms with E-state index in [0.717, 1.165) is 0 Å². The fourth-order valence-corrected chi connectivity index (χ4v) is 0.822. The van der Waals surface area contributed by atoms with Crippen molar-refractivity contribution in [3.8, 4) is 0 Å². The average Bonchev–Trinajstić information content (AvgIpc) is 2.50. The van der Waals surface area contributed by atoms with Crippen LogP contribution in [0.2, 0.25) is 0 Å². The van der Waals surface area contributed by atoms with Crippen molar-refractivity contribution in [2.45, 2.75) is 0 Å². The van der Waals surface area contributed by atoms with Crippen LogP contribution in [0.25, 0.3) is 0 Å². The molecule has 0 spiro atoms. The number of aryl methyl sites for hydroxylation is 1. The number of nitrogens with two attached hydrogens (primary N) is 1. The number of hydrogen-bond donors (Lipinski definition) is 2. The third-order valence-corrected chi connectivity index (χ3v) is 1.43. The minimum Gasteiger partial charge on any atom is -0.368 e. The van der Waals surface area contributed by atoms with E-state index in [0.29, 0.717) is 5.69 Å². The molecule has 0 aliphatic carbocycles. The van der Waals surface area contributed by atoms with Crippen LogP contribution in [-0.2, 0) is 16.7 Å². The number of nitrogens with one attached hydrogen (secondary N) is 1. The van der Waals surface area contributed by atoms with Gasteiger partial charge in [-0.3, -0.25) is 19.1 Å². The van der Waals surface area contributed by atoms with Crippen LogP contribution in [0.5, 0.6) is 0 Å². The molecule has 0 atom stereocenters. The zero-order chi connectivity index (χ0) is 10.6. The maximum absolute atomic E-state index is 11.3. The Morgan fingerprint density at radius 1 is 1.71 bits per heavy atom. The standard InChI is InChI=1S/C7H10N4O3/c1-11-5(2-3-9-11)7(13)10-14-4-6(8)12/h2-3H,4H2,1H3,(H2,8,12)(H,10,13). The molecule has 1 rings (SSSR count). The monoisotopic (exact) mass is 198 g/mol. The molecule has 0 bridgehead atoms. The van der Waals surface area contributed by atoms with Gasteiger partial charge in [0, 0.05) is 13.2 Å². The number of carbonyl (C=O) groups excluding carboxylic acids is 2. The van der Waals surface area contributed by atoms with Crippen LogP contribution in [0, 0.1) is 0 Å². The van der Waals surface area contributed by atoms with Gasteiger partial charge in [0.05, 0.1) is 0 Å². The van der Waals surface area contributed by atoms with Crippen LogP contribution >= 0.6 is 0 Å². The Balaban J connectivity index is 2.44. The Hall–Kier alpha value is -1.89. The van der Waals surface area contributed by atoms with Crippen LogP contribution in [0.4, 0.5) is 0 Å². The summed E-state index contributed by atoms with van der Waals surface area (Å²) in [6.45, 7) is -0.358. The first-order valence-corrected chi connectivity index (χ1v) is 3.79. The van der Waals surface area contributed by atoms with E-state index in [4.69, 9.17) is 5.73 Å². The lowest BCUT2D eigenvalue weighted by atomic mass is 10.4. The first-order chi connectivity index (χ1) is 6.61. The number of primary amides is 1. The lowest BCUT2D eigenvalue weighted by molar-refractivity contribution is -0.124. The molecule has 0 unspecified atom stereocenters. The first-order valence-electron chi connectivity index (χ1n) is 3.79. The van der Waals surface area contributed by atoms with Gasteiger partial charge in [0.1, 0.15) is 5.69 Å². The smallest absolute Gasteiger partial charge is 0.293 e. The van der Waals surface area contributed by atoms with E-state index in [1.54, 1.807) is 7.05 Å². The van der Waals surface area contributed by atoms with Gasteiger partial charge >= 0.3 is 0 Å². The van der Waals surface area contributed by atoms with E-state index in [9.17, 15) is 9.59 Å². The SMILES string of the molecule is Cn1nccc1C(=O)NOCC(N)=O. The predicted octanol–water partition coefficient (Wildman–Crippen LogP) is -1.43. The molecule has 0 aliphatic rings. The number of amides is 2. The van der Waals surface area contributed by atoms with Crippen molar-refractivity contribution >= 4 is 11.8 Å². The molecule has 2 amide bonds. The number of rotatable bonds is 4. The number of hydroxylamine groups is 1. The first kappa shape index (κ1) is 10.2. The Morgan fingerprint density at radius 3 is 2.93 bits per heavy atom. The molecule has 0 radical (unpaired) electrons. The van der Waals surface area contributed by atoms with Crippen LogP contribution in [-0.4, -0.2) is 28.2 Å². The Kier molecular flexibility index (Phi) is 3.19. The highest BCUT2D eigenvalue weighted by molar-refractivity contribution is 5.91. The lowest BCUT2D eigenvalue weighted by Gasteiger charge is -2.03. The van der Waals surface area contributed by atoms with E-state index >= 15 is 0 Å². The molecule has 1 aromatic rings. The molecule has 76 valence electrons. The summed E-state index contributed by atoms with van der Waals surface area (Å²) in [6.07, 6.45) is 1.48. The Bertz CT molecular complexity index is 346. The third-order valence-electron chi connectivity index (χ3n) is 1.43. The summed E-state index contributed by atoms with van der Waals surface area (Å²) in [5, 5.41) is 3.79. The normalized spacial score (nSPS) is 9.79. The fraction of sp³-hybridized carbons (Fsp3) is 0.286. The number of hydrogen-bond acceptors (Lipinski definition) is 4. The number of carbonyl (C=O) groups is 2. The molecule has 3 N–H and O–H groups in total. The molecule has 7 nitrogen and oxygen atoms in total. The highest BCUT2D eigenvalue weighted by Gasteiger charge is 2.09. The van der Waals surface area contributed by atoms with Crippen LogP contribution in [0.1, 0.15) is 10.5 Å². The second-order valence-corrected chi connectivity index (χ2v) is 2.53. The Labute approximate surface area is 79.8 Å². The summed E-state index contributed by atoms with van der Waals surface area (Å²) in [5.41, 5.74) is 7.18. The second kappa shape index (κ2) is 4.38. The van der Waals surface area contributed by atoms with Gasteiger partial charge in [-0.2, -0.15) is 5.10 Å². The molecule has 14 heavy (non-hydrogen) atoms. The molecule has 0 aromatic carbocycles. The number of nitrogens with zero attached hydrogens (tertiary/aromatic N) is 2. The van der Waals surface area contributed by atoms with Crippen LogP contribution < -0.4 is 11.2 Å². The molecular weight excluding hydrogens is 188 g/mol. The molecule has 1 aromatic heterocycles. The summed E-state index contributed by atoms with van der Waals surface area (Å²) in [6, 6.07) is 1.52. The van der Waals surface area contributed by atoms with E-state index in [1.807, 2.05) is 0 Å². The van der Waals surface area contributed by atoms with Gasteiger partial charge in [0.25, 0.3) is 5.91 Å². The van der Waals surface area contributed by atoms with Crippen molar-refractivity contribution in [2.24, 2.45) is 12.8 Å². The van der Waals surface area contributed by atoms with Crippen LogP contribution in [0.15, 0.2) is 12.3 Å². The predicted molar refractivity (Wildman–Crippen MR) is 45.8 cm³/mol. The van der Waals surface area contributed by atoms with Crippen molar-refractivity contribution in [2.75, 3.05) is 6.61 Å². The summed E-state index contributed by atoms with van der Waals surface area (Å²) in [4.78, 5) is 26.0. The zero-order valence-corrected chi connectivity index (χ0v) is 7.56.